The molecule has 0 aromatic heterocycles. The lowest BCUT2D eigenvalue weighted by Gasteiger charge is -2.29. The maximum absolute atomic E-state index is 14.4. The molecule has 0 spiro atoms. The topological polar surface area (TPSA) is 848 Å². The number of nitrogens with one attached hydrogen (secondary N) is 14. The molecule has 0 bridgehead atoms. The molecule has 0 saturated carbocycles. The van der Waals surface area contributed by atoms with E-state index in [1.54, 1.807) is 0 Å². The van der Waals surface area contributed by atoms with E-state index in [0.717, 1.165) is 27.7 Å². The maximum atomic E-state index is 14.4. The molecule has 15 amide bonds. The predicted octanol–water partition coefficient (Wildman–Crippen LogP) is -13.5. The van der Waals surface area contributed by atoms with Crippen molar-refractivity contribution in [1.82, 2.24) is 74.4 Å². The van der Waals surface area contributed by atoms with Crippen LogP contribution in [0, 0.1) is 0 Å². The number of phosphoric acid groups is 1. The van der Waals surface area contributed by atoms with Crippen molar-refractivity contribution in [3.63, 3.8) is 0 Å². The van der Waals surface area contributed by atoms with Crippen LogP contribution in [0.5, 0.6) is 0 Å². The van der Waals surface area contributed by atoms with Gasteiger partial charge >= 0.3 is 13.8 Å². The summed E-state index contributed by atoms with van der Waals surface area (Å²) in [6, 6.07) is -21.4. The summed E-state index contributed by atoms with van der Waals surface area (Å²) in [6.07, 6.45) is -5.74. The van der Waals surface area contributed by atoms with E-state index >= 15 is 0 Å². The van der Waals surface area contributed by atoms with Crippen LogP contribution in [-0.4, -0.2) is 286 Å². The zero-order chi connectivity index (χ0) is 86.4. The van der Waals surface area contributed by atoms with Gasteiger partial charge in [0.1, 0.15) is 72.5 Å². The Hall–Kier alpha value is -10.1. The highest BCUT2D eigenvalue weighted by molar-refractivity contribution is 7.46. The van der Waals surface area contributed by atoms with E-state index in [-0.39, 0.29) is 115 Å². The summed E-state index contributed by atoms with van der Waals surface area (Å²) in [7, 11) is -5.49. The molecule has 0 rings (SSSR count). The molecule has 0 aromatic rings. The molecule has 0 saturated heterocycles. The molecule has 0 fully saturated rings. The number of hydrogen-bond acceptors (Lipinski definition) is 27. The van der Waals surface area contributed by atoms with E-state index in [4.69, 9.17) is 51.6 Å². The lowest BCUT2D eigenvalue weighted by molar-refractivity contribution is -0.141. The van der Waals surface area contributed by atoms with Crippen LogP contribution in [0.3, 0.4) is 0 Å². The molecular weight excluding hydrogens is 1520 g/mol. The fraction of sp³-hybridized carbons (Fsp3) is 0.714. The number of phosphoric ester groups is 1. The number of carboxylic acids is 1. The number of aliphatic hydroxyl groups excluding tert-OH is 3. The summed E-state index contributed by atoms with van der Waals surface area (Å²) < 4.78 is 16.5. The Morgan fingerprint density at radius 2 is 0.690 bits per heavy atom. The van der Waals surface area contributed by atoms with E-state index in [2.05, 4.69) is 88.9 Å². The fourth-order valence-electron chi connectivity index (χ4n) is 9.90. The quantitative estimate of drug-likeness (QED) is 0.0116. The van der Waals surface area contributed by atoms with Crippen molar-refractivity contribution in [2.24, 2.45) is 61.6 Å². The van der Waals surface area contributed by atoms with Crippen LogP contribution < -0.4 is 126 Å². The highest BCUT2D eigenvalue weighted by Crippen LogP contribution is 2.35. The summed E-state index contributed by atoms with van der Waals surface area (Å²) in [5, 5.41) is 73.6. The number of nitrogens with zero attached hydrogens (tertiary/aromatic N) is 2. The Bertz CT molecular complexity index is 3270. The molecule has 0 aliphatic carbocycles. The van der Waals surface area contributed by atoms with Crippen LogP contribution >= 0.6 is 7.82 Å². The molecule has 0 unspecified atom stereocenters. The number of carboxylic acid groups (broad SMARTS) is 1. The number of unbranched alkanes of at least 4 members (excludes halogenated alkanes) is 3. The summed E-state index contributed by atoms with van der Waals surface area (Å²) >= 11 is 0. The lowest BCUT2D eigenvalue weighted by atomic mass is 10.0. The second-order valence-electron chi connectivity index (χ2n) is 26.3. The Labute approximate surface area is 651 Å². The van der Waals surface area contributed by atoms with Crippen LogP contribution in [0.15, 0.2) is 9.98 Å². The van der Waals surface area contributed by atoms with Gasteiger partial charge in [-0.05, 0) is 151 Å². The minimum absolute atomic E-state index is 0.0298. The first-order valence-corrected chi connectivity index (χ1v) is 37.7. The number of carbonyl (C=O) groups excluding carboxylic acids is 15. The van der Waals surface area contributed by atoms with Crippen molar-refractivity contribution < 1.29 is 116 Å². The summed E-state index contributed by atoms with van der Waals surface area (Å²) in [5.41, 5.74) is 49.8. The van der Waals surface area contributed by atoms with Gasteiger partial charge in [-0.3, -0.25) is 91.2 Å². The molecule has 0 aliphatic rings. The molecule has 0 aliphatic heterocycles. The van der Waals surface area contributed by atoms with Gasteiger partial charge in [-0.1, -0.05) is 0 Å². The zero-order valence-electron chi connectivity index (χ0n) is 64.1. The third kappa shape index (κ3) is 44.1. The van der Waals surface area contributed by atoms with E-state index in [1.165, 1.54) is 13.8 Å². The molecule has 49 nitrogen and oxygen atoms in total. The molecule has 113 heavy (non-hydrogen) atoms. The van der Waals surface area contributed by atoms with Crippen LogP contribution in [0.2, 0.25) is 0 Å². The van der Waals surface area contributed by atoms with Gasteiger partial charge in [0.2, 0.25) is 88.6 Å². The van der Waals surface area contributed by atoms with Crippen molar-refractivity contribution in [3.8, 4) is 0 Å². The Morgan fingerprint density at radius 3 is 1.07 bits per heavy atom. The number of amides is 15. The number of aliphatic carboxylic acids is 1. The van der Waals surface area contributed by atoms with Crippen molar-refractivity contribution >= 4 is 114 Å². The largest absolute Gasteiger partial charge is 0.480 e. The Morgan fingerprint density at radius 1 is 0.372 bits per heavy atom. The van der Waals surface area contributed by atoms with Crippen molar-refractivity contribution in [2.75, 3.05) is 52.4 Å². The van der Waals surface area contributed by atoms with Gasteiger partial charge in [0.25, 0.3) is 0 Å². The molecule has 0 heterocycles. The number of primary amides is 1. The maximum Gasteiger partial charge on any atom is 0.469 e. The van der Waals surface area contributed by atoms with E-state index in [0.29, 0.717) is 12.8 Å². The van der Waals surface area contributed by atoms with Crippen molar-refractivity contribution in [1.29, 1.82) is 0 Å². The van der Waals surface area contributed by atoms with Gasteiger partial charge in [0.15, 0.2) is 11.9 Å². The lowest BCUT2D eigenvalue weighted by Crippen LogP contribution is -2.62. The van der Waals surface area contributed by atoms with Crippen LogP contribution in [0.25, 0.3) is 0 Å². The molecule has 50 heteroatoms. The van der Waals surface area contributed by atoms with Crippen LogP contribution in [0.1, 0.15) is 138 Å². The zero-order valence-corrected chi connectivity index (χ0v) is 65.0. The first kappa shape index (κ1) is 103. The minimum Gasteiger partial charge on any atom is -0.480 e. The van der Waals surface area contributed by atoms with Crippen LogP contribution in [-0.2, 0) is 85.8 Å². The number of guanidine groups is 2. The number of nitrogens with two attached hydrogens (primary N) is 9. The minimum atomic E-state index is -5.49. The standard InChI is InChI=1S/C63H118N25O24P/c1-30(67)49(95)80-40(19-14-26-74-63(71)72)55(101)88-48(35(6)91)60(106)84-38(17-9-12-24-66)52(98)83-41(20-21-43(68)92)56(102)87-47(34(5)90)59(105)77-31(2)50(96)81-39(18-13-25-73-62(69)70)53(99)82-37(16-8-11-23-65)54(100)85-42(29-112-113(109,110)111)57(103)86-46(33(4)89)58(104)76-27-44(93)75-28-45(94)79-36(15-7-10-22-64)51(97)78-32(3)61(107)108/h30-42,46-48,89-91H,7-29,64-67H2,1-6H3,(H2,68,92)(H,75,93)(H,76,104)(H,77,105)(H,78,97)(H,79,94)(H,80,95)(H,81,96)(H,82,99)(H,83,98)(H,84,106)(H,85,100)(H,86,103)(H,87,102)(H,88,101)(H,107,108)(H4,69,70,73)(H4,71,72,74)(H2,109,110,111)/t30-,31-,32-,33+,34+,35+,36-,37-,38-,39-,40-,41-,42-,46-,47-,48-/m0/s1. The average molecular weight is 1640 g/mol. The fourth-order valence-corrected chi connectivity index (χ4v) is 10.2. The van der Waals surface area contributed by atoms with Gasteiger partial charge in [-0.2, -0.15) is 0 Å². The highest BCUT2D eigenvalue weighted by Gasteiger charge is 2.39. The molecule has 16 atom stereocenters. The summed E-state index contributed by atoms with van der Waals surface area (Å²) in [5.74, 6) is -18.5. The van der Waals surface area contributed by atoms with Gasteiger partial charge < -0.3 is 156 Å². The average Bonchev–Trinajstić information content (AvgIpc) is 0.850. The third-order valence-electron chi connectivity index (χ3n) is 16.2. The third-order valence-corrected chi connectivity index (χ3v) is 16.7. The van der Waals surface area contributed by atoms with E-state index in [9.17, 15) is 111 Å². The van der Waals surface area contributed by atoms with E-state index in [1.807, 2.05) is 0 Å². The number of hydrogen-bond donors (Lipinski definition) is 29. The van der Waals surface area contributed by atoms with Gasteiger partial charge in [-0.15, -0.1) is 0 Å². The number of aliphatic hydroxyl groups is 3. The van der Waals surface area contributed by atoms with Gasteiger partial charge in [-0.25, -0.2) is 4.57 Å². The normalized spacial score (nSPS) is 15.4. The second-order valence-corrected chi connectivity index (χ2v) is 27.5. The molecule has 38 N–H and O–H groups in total. The van der Waals surface area contributed by atoms with Crippen molar-refractivity contribution in [2.45, 2.75) is 235 Å². The summed E-state index contributed by atoms with van der Waals surface area (Å²) in [4.78, 5) is 241. The predicted molar refractivity (Wildman–Crippen MR) is 402 cm³/mol. The smallest absolute Gasteiger partial charge is 0.469 e. The molecule has 0 aromatic carbocycles. The molecule has 644 valence electrons. The molecular formula is C63H118N25O24P. The Balaban J connectivity index is 6.93. The summed E-state index contributed by atoms with van der Waals surface area (Å²) in [6.45, 7) is 4.04. The highest BCUT2D eigenvalue weighted by atomic mass is 31.2. The second kappa shape index (κ2) is 54.5. The SMILES string of the molecule is C[C@H](N)C(=O)N[C@@H](CCCN=C(N)N)C(=O)N[C@H](C(=O)N[C@@H](CCCCN)C(=O)N[C@@H](CCC(N)=O)C(=O)N[C@H](C(=O)N[C@@H](C)C(=O)N[C@@H](CCCN=C(N)N)C(=O)N[C@@H](CCCCN)C(=O)N[C@@H](COP(=O)(O)O)C(=O)N[C@H](C(=O)NCC(=O)NCC(=O)N[C@@H](CCCCN)C(=O)N[C@@H](C)C(=O)O)[C@@H](C)O)[C@@H](C)O)[C@@H](C)O. The van der Waals surface area contributed by atoms with E-state index < -0.39 is 232 Å². The molecule has 0 radical (unpaired) electrons. The first-order valence-electron chi connectivity index (χ1n) is 36.2. The van der Waals surface area contributed by atoms with Crippen molar-refractivity contribution in [3.05, 3.63) is 0 Å². The Kier molecular flexibility index (Phi) is 49.7. The number of aliphatic imine (C=N–C) groups is 2. The number of rotatable bonds is 58. The van der Waals surface area contributed by atoms with Gasteiger partial charge in [0.05, 0.1) is 44.1 Å². The first-order chi connectivity index (χ1) is 52.8. The number of carbonyl (C=O) groups is 16. The van der Waals surface area contributed by atoms with Gasteiger partial charge in [0, 0.05) is 19.5 Å². The monoisotopic (exact) mass is 1640 g/mol. The van der Waals surface area contributed by atoms with Crippen LogP contribution in [0.4, 0.5) is 0 Å².